The molecule has 0 aliphatic rings. The van der Waals surface area contributed by atoms with Gasteiger partial charge in [-0.3, -0.25) is 0 Å². The fraction of sp³-hybridized carbons (Fsp3) is 0.286. The van der Waals surface area contributed by atoms with Gasteiger partial charge in [0, 0.05) is 11.8 Å². The van der Waals surface area contributed by atoms with Crippen molar-refractivity contribution in [1.29, 1.82) is 0 Å². The molecule has 0 fully saturated rings. The van der Waals surface area contributed by atoms with Gasteiger partial charge >= 0.3 is 6.18 Å². The molecule has 0 unspecified atom stereocenters. The number of hydrogen-bond donors (Lipinski definition) is 1. The molecule has 0 saturated carbocycles. The lowest BCUT2D eigenvalue weighted by Gasteiger charge is -2.13. The number of aliphatic hydroxyl groups is 1. The quantitative estimate of drug-likeness (QED) is 0.783. The summed E-state index contributed by atoms with van der Waals surface area (Å²) in [6.45, 7) is 0. The van der Waals surface area contributed by atoms with Gasteiger partial charge in [-0.05, 0) is 22.0 Å². The first-order valence-electron chi connectivity index (χ1n) is 3.27. The van der Waals surface area contributed by atoms with Crippen molar-refractivity contribution in [2.24, 2.45) is 0 Å². The van der Waals surface area contributed by atoms with E-state index in [9.17, 15) is 13.2 Å². The largest absolute Gasteiger partial charge is 0.418 e. The Bertz CT molecular complexity index is 285. The van der Waals surface area contributed by atoms with Crippen LogP contribution in [-0.2, 0) is 0 Å². The van der Waals surface area contributed by atoms with Gasteiger partial charge in [0.15, 0.2) is 6.10 Å². The van der Waals surface area contributed by atoms with Crippen LogP contribution < -0.4 is 0 Å². The summed E-state index contributed by atoms with van der Waals surface area (Å²) in [5, 5.41) is 8.77. The molecule has 1 rings (SSSR count). The molecular weight excluding hydrogens is 251 g/mol. The molecule has 0 aliphatic heterocycles. The number of hydrogen-bond acceptors (Lipinski definition) is 2. The summed E-state index contributed by atoms with van der Waals surface area (Å²) in [5.41, 5.74) is -0.268. The molecule has 1 atom stereocenters. The Morgan fingerprint density at radius 1 is 1.38 bits per heavy atom. The molecule has 0 radical (unpaired) electrons. The molecule has 1 aromatic rings. The van der Waals surface area contributed by atoms with Crippen LogP contribution in [0.15, 0.2) is 22.9 Å². The van der Waals surface area contributed by atoms with E-state index in [2.05, 4.69) is 20.9 Å². The Morgan fingerprint density at radius 2 is 2.00 bits per heavy atom. The maximum absolute atomic E-state index is 11.9. The Hall–Kier alpha value is -0.620. The molecule has 2 nitrogen and oxygen atoms in total. The average molecular weight is 256 g/mol. The van der Waals surface area contributed by atoms with E-state index in [0.717, 1.165) is 12.3 Å². The Kier molecular flexibility index (Phi) is 2.92. The normalized spacial score (nSPS) is 14.2. The highest BCUT2D eigenvalue weighted by molar-refractivity contribution is 9.10. The predicted octanol–water partition coefficient (Wildman–Crippen LogP) is 2.44. The van der Waals surface area contributed by atoms with Gasteiger partial charge in [-0.2, -0.15) is 13.2 Å². The molecule has 0 amide bonds. The monoisotopic (exact) mass is 255 g/mol. The van der Waals surface area contributed by atoms with Crippen LogP contribution in [0.4, 0.5) is 13.2 Å². The molecule has 0 saturated heterocycles. The van der Waals surface area contributed by atoms with E-state index in [1.165, 1.54) is 6.07 Å². The van der Waals surface area contributed by atoms with Gasteiger partial charge in [-0.1, -0.05) is 6.07 Å². The minimum atomic E-state index is -4.64. The standard InChI is InChI=1S/C7H5BrF3NO/c8-5-2-1-4(3-12-5)6(13)7(9,10)11/h1-3,6,13H/t6-/m1/s1. The van der Waals surface area contributed by atoms with E-state index in [4.69, 9.17) is 5.11 Å². The van der Waals surface area contributed by atoms with E-state index in [1.807, 2.05) is 0 Å². The van der Waals surface area contributed by atoms with Crippen LogP contribution in [0.1, 0.15) is 11.7 Å². The van der Waals surface area contributed by atoms with E-state index >= 15 is 0 Å². The van der Waals surface area contributed by atoms with Gasteiger partial charge in [0.25, 0.3) is 0 Å². The molecule has 0 aliphatic carbocycles. The minimum absolute atomic E-state index is 0.268. The van der Waals surface area contributed by atoms with Gasteiger partial charge in [0.2, 0.25) is 0 Å². The molecule has 13 heavy (non-hydrogen) atoms. The third-order valence-electron chi connectivity index (χ3n) is 1.38. The van der Waals surface area contributed by atoms with Crippen molar-refractivity contribution in [2.45, 2.75) is 12.3 Å². The van der Waals surface area contributed by atoms with Crippen LogP contribution in [0.25, 0.3) is 0 Å². The lowest BCUT2D eigenvalue weighted by atomic mass is 10.1. The molecule has 1 aromatic heterocycles. The fourth-order valence-electron chi connectivity index (χ4n) is 0.738. The molecule has 0 spiro atoms. The summed E-state index contributed by atoms with van der Waals surface area (Å²) in [5.74, 6) is 0. The number of nitrogens with zero attached hydrogens (tertiary/aromatic N) is 1. The van der Waals surface area contributed by atoms with Gasteiger partial charge in [0.1, 0.15) is 4.60 Å². The number of rotatable bonds is 1. The molecule has 1 N–H and O–H groups in total. The lowest BCUT2D eigenvalue weighted by molar-refractivity contribution is -0.206. The molecule has 0 aromatic carbocycles. The minimum Gasteiger partial charge on any atom is -0.379 e. The zero-order chi connectivity index (χ0) is 10.1. The second kappa shape index (κ2) is 3.63. The predicted molar refractivity (Wildman–Crippen MR) is 43.0 cm³/mol. The zero-order valence-corrected chi connectivity index (χ0v) is 7.80. The fourth-order valence-corrected chi connectivity index (χ4v) is 0.973. The SMILES string of the molecule is O[C@H](c1ccc(Br)nc1)C(F)(F)F. The summed E-state index contributed by atoms with van der Waals surface area (Å²) in [6.07, 6.45) is -6.13. The highest BCUT2D eigenvalue weighted by Gasteiger charge is 2.39. The number of pyridine rings is 1. The van der Waals surface area contributed by atoms with Crippen LogP contribution in [0.2, 0.25) is 0 Å². The maximum Gasteiger partial charge on any atom is 0.418 e. The topological polar surface area (TPSA) is 33.1 Å². The smallest absolute Gasteiger partial charge is 0.379 e. The van der Waals surface area contributed by atoms with Crippen molar-refractivity contribution in [2.75, 3.05) is 0 Å². The number of alkyl halides is 3. The first-order chi connectivity index (χ1) is 5.91. The van der Waals surface area contributed by atoms with Crippen LogP contribution in [-0.4, -0.2) is 16.3 Å². The van der Waals surface area contributed by atoms with E-state index in [1.54, 1.807) is 0 Å². The van der Waals surface area contributed by atoms with Crippen molar-refractivity contribution in [3.05, 3.63) is 28.5 Å². The molecule has 1 heterocycles. The Labute approximate surface area is 80.5 Å². The summed E-state index contributed by atoms with van der Waals surface area (Å²) in [7, 11) is 0. The van der Waals surface area contributed by atoms with Gasteiger partial charge in [-0.25, -0.2) is 4.98 Å². The zero-order valence-electron chi connectivity index (χ0n) is 6.22. The summed E-state index contributed by atoms with van der Waals surface area (Å²) in [4.78, 5) is 3.57. The average Bonchev–Trinajstić information content (AvgIpc) is 2.03. The van der Waals surface area contributed by atoms with Crippen molar-refractivity contribution in [3.8, 4) is 0 Å². The Morgan fingerprint density at radius 3 is 2.38 bits per heavy atom. The number of aliphatic hydroxyl groups excluding tert-OH is 1. The van der Waals surface area contributed by atoms with Crippen molar-refractivity contribution in [3.63, 3.8) is 0 Å². The highest BCUT2D eigenvalue weighted by atomic mass is 79.9. The van der Waals surface area contributed by atoms with E-state index in [-0.39, 0.29) is 5.56 Å². The van der Waals surface area contributed by atoms with Crippen molar-refractivity contribution in [1.82, 2.24) is 4.98 Å². The second-order valence-electron chi connectivity index (χ2n) is 2.36. The first kappa shape index (κ1) is 10.5. The van der Waals surface area contributed by atoms with Crippen LogP contribution in [0.3, 0.4) is 0 Å². The van der Waals surface area contributed by atoms with Crippen LogP contribution in [0.5, 0.6) is 0 Å². The van der Waals surface area contributed by atoms with Crippen LogP contribution >= 0.6 is 15.9 Å². The molecule has 0 bridgehead atoms. The summed E-state index contributed by atoms with van der Waals surface area (Å²) in [6, 6.07) is 2.50. The lowest BCUT2D eigenvalue weighted by Crippen LogP contribution is -2.20. The third kappa shape index (κ3) is 2.67. The van der Waals surface area contributed by atoms with Crippen molar-refractivity contribution < 1.29 is 18.3 Å². The van der Waals surface area contributed by atoms with Gasteiger partial charge in [0.05, 0.1) is 0 Å². The molecule has 72 valence electrons. The molecular formula is C7H5BrF3NO. The second-order valence-corrected chi connectivity index (χ2v) is 3.17. The van der Waals surface area contributed by atoms with Crippen molar-refractivity contribution >= 4 is 15.9 Å². The van der Waals surface area contributed by atoms with Crippen LogP contribution in [0, 0.1) is 0 Å². The number of aromatic nitrogens is 1. The highest BCUT2D eigenvalue weighted by Crippen LogP contribution is 2.32. The van der Waals surface area contributed by atoms with Gasteiger partial charge < -0.3 is 5.11 Å². The maximum atomic E-state index is 11.9. The van der Waals surface area contributed by atoms with Gasteiger partial charge in [-0.15, -0.1) is 0 Å². The first-order valence-corrected chi connectivity index (χ1v) is 4.07. The van der Waals surface area contributed by atoms with E-state index < -0.39 is 12.3 Å². The summed E-state index contributed by atoms with van der Waals surface area (Å²) >= 11 is 2.97. The molecule has 6 heteroatoms. The summed E-state index contributed by atoms with van der Waals surface area (Å²) < 4.78 is 36.3. The Balaban J connectivity index is 2.90. The van der Waals surface area contributed by atoms with E-state index in [0.29, 0.717) is 4.60 Å². The number of halogens is 4. The third-order valence-corrected chi connectivity index (χ3v) is 1.85.